The van der Waals surface area contributed by atoms with Crippen LogP contribution in [0.4, 0.5) is 5.82 Å². The van der Waals surface area contributed by atoms with Crippen molar-refractivity contribution in [3.63, 3.8) is 0 Å². The molecule has 2 N–H and O–H groups in total. The molecule has 0 saturated heterocycles. The SMILES string of the molecule is CNc1ncccc1C(=O)NC1CCC(C)C(C)C1. The van der Waals surface area contributed by atoms with Crippen LogP contribution in [0.1, 0.15) is 43.5 Å². The van der Waals surface area contributed by atoms with Gasteiger partial charge in [0.05, 0.1) is 5.56 Å². The van der Waals surface area contributed by atoms with Crippen LogP contribution in [-0.2, 0) is 0 Å². The average Bonchev–Trinajstić information content (AvgIpc) is 2.43. The standard InChI is InChI=1S/C15H23N3O/c1-10-6-7-12(9-11(10)2)18-15(19)13-5-4-8-17-14(13)16-3/h4-5,8,10-12H,6-7,9H2,1-3H3,(H,16,17)(H,18,19). The van der Waals surface area contributed by atoms with Crippen molar-refractivity contribution in [2.45, 2.75) is 39.2 Å². The number of carbonyl (C=O) groups excluding carboxylic acids is 1. The van der Waals surface area contributed by atoms with Crippen LogP contribution in [0.15, 0.2) is 18.3 Å². The first-order valence-electron chi connectivity index (χ1n) is 7.05. The Hall–Kier alpha value is -1.58. The van der Waals surface area contributed by atoms with Gasteiger partial charge < -0.3 is 10.6 Å². The van der Waals surface area contributed by atoms with Gasteiger partial charge in [0.25, 0.3) is 5.91 Å². The molecule has 2 rings (SSSR count). The fraction of sp³-hybridized carbons (Fsp3) is 0.600. The van der Waals surface area contributed by atoms with Gasteiger partial charge in [0.15, 0.2) is 0 Å². The van der Waals surface area contributed by atoms with Gasteiger partial charge in [-0.1, -0.05) is 13.8 Å². The summed E-state index contributed by atoms with van der Waals surface area (Å²) in [5, 5.41) is 6.10. The summed E-state index contributed by atoms with van der Waals surface area (Å²) in [6, 6.07) is 3.90. The molecule has 1 aliphatic carbocycles. The van der Waals surface area contributed by atoms with Crippen molar-refractivity contribution in [3.05, 3.63) is 23.9 Å². The summed E-state index contributed by atoms with van der Waals surface area (Å²) >= 11 is 0. The van der Waals surface area contributed by atoms with Crippen molar-refractivity contribution < 1.29 is 4.79 Å². The molecule has 0 aromatic carbocycles. The topological polar surface area (TPSA) is 54.0 Å². The van der Waals surface area contributed by atoms with E-state index in [2.05, 4.69) is 29.5 Å². The largest absolute Gasteiger partial charge is 0.372 e. The number of aromatic nitrogens is 1. The monoisotopic (exact) mass is 261 g/mol. The molecular formula is C15H23N3O. The Kier molecular flexibility index (Phi) is 4.40. The first kappa shape index (κ1) is 13.8. The van der Waals surface area contributed by atoms with E-state index in [-0.39, 0.29) is 5.91 Å². The Morgan fingerprint density at radius 2 is 2.11 bits per heavy atom. The van der Waals surface area contributed by atoms with E-state index >= 15 is 0 Å². The minimum absolute atomic E-state index is 0.0239. The average molecular weight is 261 g/mol. The van der Waals surface area contributed by atoms with Gasteiger partial charge in [0.1, 0.15) is 5.82 Å². The normalized spacial score (nSPS) is 26.8. The fourth-order valence-corrected chi connectivity index (χ4v) is 2.73. The van der Waals surface area contributed by atoms with Gasteiger partial charge in [0.2, 0.25) is 0 Å². The Labute approximate surface area is 115 Å². The van der Waals surface area contributed by atoms with Crippen LogP contribution in [0, 0.1) is 11.8 Å². The summed E-state index contributed by atoms with van der Waals surface area (Å²) in [7, 11) is 1.78. The lowest BCUT2D eigenvalue weighted by Crippen LogP contribution is -2.40. The third-order valence-electron chi connectivity index (χ3n) is 4.22. The Morgan fingerprint density at radius 1 is 1.32 bits per heavy atom. The summed E-state index contributed by atoms with van der Waals surface area (Å²) in [5.41, 5.74) is 0.622. The predicted molar refractivity (Wildman–Crippen MR) is 77.2 cm³/mol. The predicted octanol–water partition coefficient (Wildman–Crippen LogP) is 2.68. The minimum atomic E-state index is -0.0239. The molecule has 0 aliphatic heterocycles. The zero-order valence-corrected chi connectivity index (χ0v) is 11.9. The molecule has 1 heterocycles. The molecular weight excluding hydrogens is 238 g/mol. The molecule has 3 unspecified atom stereocenters. The summed E-state index contributed by atoms with van der Waals surface area (Å²) < 4.78 is 0. The van der Waals surface area contributed by atoms with Crippen molar-refractivity contribution in [3.8, 4) is 0 Å². The van der Waals surface area contributed by atoms with E-state index in [1.54, 1.807) is 19.3 Å². The van der Waals surface area contributed by atoms with Crippen LogP contribution in [0.2, 0.25) is 0 Å². The summed E-state index contributed by atoms with van der Waals surface area (Å²) in [5.74, 6) is 2.05. The molecule has 4 nitrogen and oxygen atoms in total. The molecule has 0 spiro atoms. The van der Waals surface area contributed by atoms with Gasteiger partial charge >= 0.3 is 0 Å². The number of rotatable bonds is 3. The lowest BCUT2D eigenvalue weighted by Gasteiger charge is -2.32. The highest BCUT2D eigenvalue weighted by Gasteiger charge is 2.26. The zero-order valence-electron chi connectivity index (χ0n) is 11.9. The van der Waals surface area contributed by atoms with Crippen LogP contribution in [0.25, 0.3) is 0 Å². The van der Waals surface area contributed by atoms with Crippen molar-refractivity contribution in [2.75, 3.05) is 12.4 Å². The molecule has 1 fully saturated rings. The molecule has 1 aromatic heterocycles. The van der Waals surface area contributed by atoms with Gasteiger partial charge in [0, 0.05) is 19.3 Å². The second-order valence-electron chi connectivity index (χ2n) is 5.59. The lowest BCUT2D eigenvalue weighted by atomic mass is 9.79. The molecule has 104 valence electrons. The second kappa shape index (κ2) is 6.04. The Bertz CT molecular complexity index is 447. The van der Waals surface area contributed by atoms with Gasteiger partial charge in [-0.15, -0.1) is 0 Å². The van der Waals surface area contributed by atoms with Crippen LogP contribution in [-0.4, -0.2) is 24.0 Å². The maximum absolute atomic E-state index is 12.3. The van der Waals surface area contributed by atoms with Gasteiger partial charge in [-0.05, 0) is 43.2 Å². The first-order valence-corrected chi connectivity index (χ1v) is 7.05. The van der Waals surface area contributed by atoms with E-state index in [4.69, 9.17) is 0 Å². The molecule has 1 aromatic rings. The van der Waals surface area contributed by atoms with Gasteiger partial charge in [-0.3, -0.25) is 4.79 Å². The highest BCUT2D eigenvalue weighted by molar-refractivity contribution is 5.98. The number of nitrogens with one attached hydrogen (secondary N) is 2. The van der Waals surface area contributed by atoms with Crippen LogP contribution < -0.4 is 10.6 Å². The molecule has 0 bridgehead atoms. The van der Waals surface area contributed by atoms with E-state index in [1.807, 2.05) is 6.07 Å². The highest BCUT2D eigenvalue weighted by atomic mass is 16.1. The third kappa shape index (κ3) is 3.25. The van der Waals surface area contributed by atoms with Crippen molar-refractivity contribution in [1.82, 2.24) is 10.3 Å². The molecule has 1 amide bonds. The maximum Gasteiger partial charge on any atom is 0.255 e. The molecule has 3 atom stereocenters. The maximum atomic E-state index is 12.3. The quantitative estimate of drug-likeness (QED) is 0.879. The lowest BCUT2D eigenvalue weighted by molar-refractivity contribution is 0.0911. The van der Waals surface area contributed by atoms with E-state index in [0.717, 1.165) is 18.8 Å². The number of carbonyl (C=O) groups is 1. The van der Waals surface area contributed by atoms with Crippen molar-refractivity contribution in [2.24, 2.45) is 11.8 Å². The number of nitrogens with zero attached hydrogens (tertiary/aromatic N) is 1. The van der Waals surface area contributed by atoms with Gasteiger partial charge in [-0.2, -0.15) is 0 Å². The van der Waals surface area contributed by atoms with E-state index < -0.39 is 0 Å². The molecule has 4 heteroatoms. The van der Waals surface area contributed by atoms with E-state index in [9.17, 15) is 4.79 Å². The fourth-order valence-electron chi connectivity index (χ4n) is 2.73. The van der Waals surface area contributed by atoms with E-state index in [1.165, 1.54) is 6.42 Å². The number of anilines is 1. The van der Waals surface area contributed by atoms with Crippen molar-refractivity contribution in [1.29, 1.82) is 0 Å². The summed E-state index contributed by atoms with van der Waals surface area (Å²) in [4.78, 5) is 16.5. The molecule has 1 saturated carbocycles. The van der Waals surface area contributed by atoms with Crippen LogP contribution in [0.5, 0.6) is 0 Å². The van der Waals surface area contributed by atoms with Crippen LogP contribution in [0.3, 0.4) is 0 Å². The molecule has 0 radical (unpaired) electrons. The highest BCUT2D eigenvalue weighted by Crippen LogP contribution is 2.29. The second-order valence-corrected chi connectivity index (χ2v) is 5.59. The summed E-state index contributed by atoms with van der Waals surface area (Å²) in [6.07, 6.45) is 5.03. The van der Waals surface area contributed by atoms with Crippen molar-refractivity contribution >= 4 is 11.7 Å². The van der Waals surface area contributed by atoms with Gasteiger partial charge in [-0.25, -0.2) is 4.98 Å². The Balaban J connectivity index is 2.01. The van der Waals surface area contributed by atoms with E-state index in [0.29, 0.717) is 23.3 Å². The zero-order chi connectivity index (χ0) is 13.8. The number of hydrogen-bond acceptors (Lipinski definition) is 3. The van der Waals surface area contributed by atoms with Crippen LogP contribution >= 0.6 is 0 Å². The minimum Gasteiger partial charge on any atom is -0.372 e. The number of hydrogen-bond donors (Lipinski definition) is 2. The number of pyridine rings is 1. The smallest absolute Gasteiger partial charge is 0.255 e. The first-order chi connectivity index (χ1) is 9.11. The Morgan fingerprint density at radius 3 is 2.79 bits per heavy atom. The third-order valence-corrected chi connectivity index (χ3v) is 4.22. The molecule has 19 heavy (non-hydrogen) atoms. The molecule has 1 aliphatic rings. The summed E-state index contributed by atoms with van der Waals surface area (Å²) in [6.45, 7) is 4.56. The number of amides is 1.